The Kier molecular flexibility index (Phi) is 5.76. The van der Waals surface area contributed by atoms with Crippen LogP contribution < -0.4 is 5.56 Å². The molecule has 0 atom stereocenters. The number of hydrogen-bond donors (Lipinski definition) is 0. The van der Waals surface area contributed by atoms with E-state index in [4.69, 9.17) is 5.26 Å². The highest BCUT2D eigenvalue weighted by Crippen LogP contribution is 2.20. The van der Waals surface area contributed by atoms with E-state index in [2.05, 4.69) is 51.1 Å². The van der Waals surface area contributed by atoms with Crippen LogP contribution in [0.3, 0.4) is 0 Å². The topological polar surface area (TPSA) is 45.8 Å². The molecule has 0 saturated heterocycles. The number of pyridine rings is 1. The van der Waals surface area contributed by atoms with E-state index in [-0.39, 0.29) is 12.0 Å². The fraction of sp³-hybridized carbons (Fsp3) is 0.400. The maximum Gasteiger partial charge on any atom is 0.255 e. The minimum Gasteiger partial charge on any atom is -0.308 e. The average Bonchev–Trinajstić information content (AvgIpc) is 2.55. The summed E-state index contributed by atoms with van der Waals surface area (Å²) >= 11 is 0. The zero-order valence-corrected chi connectivity index (χ0v) is 14.2. The molecule has 0 radical (unpaired) electrons. The van der Waals surface area contributed by atoms with Crippen molar-refractivity contribution in [3.63, 3.8) is 0 Å². The van der Waals surface area contributed by atoms with Gasteiger partial charge in [0.1, 0.15) is 0 Å². The SMILES string of the molecule is CCc1ccc(-c2ccc(CC#N)c(=O)n2CCC(C)C)cc1. The number of aryl methyl sites for hydroxylation is 1. The van der Waals surface area contributed by atoms with Gasteiger partial charge in [-0.05, 0) is 36.0 Å². The maximum atomic E-state index is 12.7. The van der Waals surface area contributed by atoms with Crippen molar-refractivity contribution < 1.29 is 0 Å². The lowest BCUT2D eigenvalue weighted by atomic mass is 10.0. The Morgan fingerprint density at radius 3 is 2.39 bits per heavy atom. The quantitative estimate of drug-likeness (QED) is 0.803. The summed E-state index contributed by atoms with van der Waals surface area (Å²) < 4.78 is 1.83. The summed E-state index contributed by atoms with van der Waals surface area (Å²) in [5.41, 5.74) is 3.80. The van der Waals surface area contributed by atoms with Crippen LogP contribution in [-0.2, 0) is 19.4 Å². The molecule has 2 rings (SSSR count). The highest BCUT2D eigenvalue weighted by molar-refractivity contribution is 5.60. The Morgan fingerprint density at radius 2 is 1.83 bits per heavy atom. The number of nitrogens with zero attached hydrogens (tertiary/aromatic N) is 2. The Balaban J connectivity index is 2.50. The number of hydrogen-bond acceptors (Lipinski definition) is 2. The monoisotopic (exact) mass is 308 g/mol. The minimum absolute atomic E-state index is 0.0377. The summed E-state index contributed by atoms with van der Waals surface area (Å²) in [5.74, 6) is 0.525. The predicted molar refractivity (Wildman–Crippen MR) is 94.3 cm³/mol. The summed E-state index contributed by atoms with van der Waals surface area (Å²) in [4.78, 5) is 12.7. The van der Waals surface area contributed by atoms with Gasteiger partial charge in [0.25, 0.3) is 5.56 Å². The van der Waals surface area contributed by atoms with Crippen molar-refractivity contribution in [3.05, 3.63) is 57.9 Å². The van der Waals surface area contributed by atoms with Gasteiger partial charge in [-0.2, -0.15) is 5.26 Å². The van der Waals surface area contributed by atoms with E-state index in [1.54, 1.807) is 6.07 Å². The second-order valence-electron chi connectivity index (χ2n) is 6.27. The minimum atomic E-state index is -0.0377. The molecule has 0 fully saturated rings. The van der Waals surface area contributed by atoms with E-state index in [1.807, 2.05) is 10.6 Å². The Labute approximate surface area is 138 Å². The molecule has 0 aliphatic carbocycles. The van der Waals surface area contributed by atoms with Crippen LogP contribution in [0.2, 0.25) is 0 Å². The fourth-order valence-electron chi connectivity index (χ4n) is 2.62. The van der Waals surface area contributed by atoms with Gasteiger partial charge in [-0.1, -0.05) is 51.1 Å². The first-order valence-electron chi connectivity index (χ1n) is 8.25. The summed E-state index contributed by atoms with van der Waals surface area (Å²) in [6.07, 6.45) is 2.10. The molecule has 0 bridgehead atoms. The lowest BCUT2D eigenvalue weighted by Gasteiger charge is -2.16. The van der Waals surface area contributed by atoms with Gasteiger partial charge in [0.2, 0.25) is 0 Å². The molecule has 0 aliphatic heterocycles. The van der Waals surface area contributed by atoms with Gasteiger partial charge in [-0.15, -0.1) is 0 Å². The molecule has 3 heteroatoms. The van der Waals surface area contributed by atoms with E-state index in [0.29, 0.717) is 18.0 Å². The molecule has 120 valence electrons. The van der Waals surface area contributed by atoms with E-state index in [0.717, 1.165) is 24.1 Å². The fourth-order valence-corrected chi connectivity index (χ4v) is 2.62. The number of benzene rings is 1. The standard InChI is InChI=1S/C20H24N2O/c1-4-16-5-7-17(8-6-16)19-10-9-18(11-13-21)20(23)22(19)14-12-15(2)3/h5-10,15H,4,11-12,14H2,1-3H3. The molecule has 0 unspecified atom stereocenters. The number of rotatable bonds is 6. The van der Waals surface area contributed by atoms with Crippen molar-refractivity contribution in [2.24, 2.45) is 5.92 Å². The first kappa shape index (κ1) is 17.0. The molecule has 1 heterocycles. The van der Waals surface area contributed by atoms with Crippen molar-refractivity contribution in [3.8, 4) is 17.3 Å². The molecule has 1 aromatic heterocycles. The highest BCUT2D eigenvalue weighted by Gasteiger charge is 2.11. The van der Waals surface area contributed by atoms with E-state index in [1.165, 1.54) is 5.56 Å². The van der Waals surface area contributed by atoms with Gasteiger partial charge in [0, 0.05) is 12.1 Å². The van der Waals surface area contributed by atoms with E-state index >= 15 is 0 Å². The summed E-state index contributed by atoms with van der Waals surface area (Å²) in [6, 6.07) is 14.2. The number of nitriles is 1. The molecule has 0 aliphatic rings. The van der Waals surface area contributed by atoms with E-state index < -0.39 is 0 Å². The second-order valence-corrected chi connectivity index (χ2v) is 6.27. The van der Waals surface area contributed by atoms with Crippen LogP contribution in [0.25, 0.3) is 11.3 Å². The third-order valence-corrected chi connectivity index (χ3v) is 4.11. The molecule has 0 N–H and O–H groups in total. The molecule has 0 amide bonds. The normalized spacial score (nSPS) is 10.7. The smallest absolute Gasteiger partial charge is 0.255 e. The average molecular weight is 308 g/mol. The van der Waals surface area contributed by atoms with Gasteiger partial charge < -0.3 is 4.57 Å². The first-order chi connectivity index (χ1) is 11.1. The molecule has 0 saturated carbocycles. The molecular weight excluding hydrogens is 284 g/mol. The van der Waals surface area contributed by atoms with Crippen LogP contribution in [0.15, 0.2) is 41.2 Å². The third kappa shape index (κ3) is 4.10. The van der Waals surface area contributed by atoms with E-state index in [9.17, 15) is 4.79 Å². The summed E-state index contributed by atoms with van der Waals surface area (Å²) in [6.45, 7) is 7.12. The molecule has 2 aromatic rings. The van der Waals surface area contributed by atoms with Crippen LogP contribution >= 0.6 is 0 Å². The highest BCUT2D eigenvalue weighted by atomic mass is 16.1. The number of aromatic nitrogens is 1. The van der Waals surface area contributed by atoms with Gasteiger partial charge >= 0.3 is 0 Å². The Morgan fingerprint density at radius 1 is 1.13 bits per heavy atom. The van der Waals surface area contributed by atoms with Crippen molar-refractivity contribution in [1.82, 2.24) is 4.57 Å². The van der Waals surface area contributed by atoms with Gasteiger partial charge in [-0.25, -0.2) is 0 Å². The van der Waals surface area contributed by atoms with Crippen LogP contribution in [0, 0.1) is 17.2 Å². The molecule has 1 aromatic carbocycles. The predicted octanol–water partition coefficient (Wildman–Crippen LogP) is 4.19. The van der Waals surface area contributed by atoms with Crippen LogP contribution in [0.1, 0.15) is 38.3 Å². The van der Waals surface area contributed by atoms with Crippen LogP contribution in [0.5, 0.6) is 0 Å². The molecule has 0 spiro atoms. The van der Waals surface area contributed by atoms with Gasteiger partial charge in [-0.3, -0.25) is 4.79 Å². The molecular formula is C20H24N2O. The first-order valence-corrected chi connectivity index (χ1v) is 8.25. The lowest BCUT2D eigenvalue weighted by molar-refractivity contribution is 0.509. The van der Waals surface area contributed by atoms with Crippen LogP contribution in [0.4, 0.5) is 0 Å². The maximum absolute atomic E-state index is 12.7. The van der Waals surface area contributed by atoms with Gasteiger partial charge in [0.15, 0.2) is 0 Å². The molecule has 3 nitrogen and oxygen atoms in total. The Hall–Kier alpha value is -2.34. The van der Waals surface area contributed by atoms with Crippen molar-refractivity contribution in [1.29, 1.82) is 5.26 Å². The third-order valence-electron chi connectivity index (χ3n) is 4.11. The van der Waals surface area contributed by atoms with Crippen molar-refractivity contribution in [2.45, 2.75) is 46.6 Å². The largest absolute Gasteiger partial charge is 0.308 e. The summed E-state index contributed by atoms with van der Waals surface area (Å²) in [7, 11) is 0. The second kappa shape index (κ2) is 7.78. The lowest BCUT2D eigenvalue weighted by Crippen LogP contribution is -2.25. The van der Waals surface area contributed by atoms with Crippen molar-refractivity contribution in [2.75, 3.05) is 0 Å². The van der Waals surface area contributed by atoms with Crippen molar-refractivity contribution >= 4 is 0 Å². The molecule has 23 heavy (non-hydrogen) atoms. The zero-order valence-electron chi connectivity index (χ0n) is 14.2. The Bertz CT molecular complexity index is 749. The zero-order chi connectivity index (χ0) is 16.8. The summed E-state index contributed by atoms with van der Waals surface area (Å²) in [5, 5.41) is 8.90. The van der Waals surface area contributed by atoms with Gasteiger partial charge in [0.05, 0.1) is 18.2 Å². The van der Waals surface area contributed by atoms with Crippen LogP contribution in [-0.4, -0.2) is 4.57 Å².